The molecule has 1 aromatic rings. The van der Waals surface area contributed by atoms with Crippen LogP contribution >= 0.6 is 0 Å². The lowest BCUT2D eigenvalue weighted by atomic mass is 10.0. The molecule has 1 rings (SSSR count). The highest BCUT2D eigenvalue weighted by atomic mass is 19.1. The maximum atomic E-state index is 13.1. The minimum absolute atomic E-state index is 0.0507. The van der Waals surface area contributed by atoms with Crippen molar-refractivity contribution >= 4 is 0 Å². The number of nitrogens with one attached hydrogen (secondary N) is 1. The normalized spacial score (nSPS) is 12.7. The van der Waals surface area contributed by atoms with Crippen molar-refractivity contribution in [1.82, 2.24) is 5.43 Å². The molecule has 0 aliphatic rings. The number of hydrogen-bond acceptors (Lipinski definition) is 3. The number of rotatable bonds is 7. The summed E-state index contributed by atoms with van der Waals surface area (Å²) in [5, 5.41) is 0. The van der Waals surface area contributed by atoms with Gasteiger partial charge in [-0.3, -0.25) is 11.3 Å². The molecule has 0 aliphatic carbocycles. The smallest absolute Gasteiger partial charge is 0.126 e. The molecule has 1 aromatic carbocycles. The fourth-order valence-electron chi connectivity index (χ4n) is 1.76. The van der Waals surface area contributed by atoms with E-state index in [4.69, 9.17) is 10.6 Å². The molecule has 4 heteroatoms. The number of nitrogens with two attached hydrogens (primary N) is 1. The second kappa shape index (κ2) is 7.37. The van der Waals surface area contributed by atoms with Crippen molar-refractivity contribution in [3.63, 3.8) is 0 Å². The van der Waals surface area contributed by atoms with Gasteiger partial charge in [0, 0.05) is 19.3 Å². The van der Waals surface area contributed by atoms with Crippen molar-refractivity contribution in [3.8, 4) is 0 Å². The van der Waals surface area contributed by atoms with Gasteiger partial charge in [-0.25, -0.2) is 4.39 Å². The molecule has 0 radical (unpaired) electrons. The van der Waals surface area contributed by atoms with E-state index in [1.807, 2.05) is 13.0 Å². The minimum atomic E-state index is -0.182. The van der Waals surface area contributed by atoms with E-state index in [-0.39, 0.29) is 11.9 Å². The number of aryl methyl sites for hydroxylation is 1. The van der Waals surface area contributed by atoms with Gasteiger partial charge in [-0.2, -0.15) is 0 Å². The summed E-state index contributed by atoms with van der Waals surface area (Å²) in [6.45, 7) is 5.19. The molecule has 0 saturated carbocycles. The van der Waals surface area contributed by atoms with Crippen molar-refractivity contribution in [2.24, 2.45) is 5.84 Å². The van der Waals surface area contributed by atoms with E-state index in [1.165, 1.54) is 6.07 Å². The third-order valence-electron chi connectivity index (χ3n) is 2.77. The number of hydrazine groups is 1. The molecule has 17 heavy (non-hydrogen) atoms. The molecule has 0 amide bonds. The van der Waals surface area contributed by atoms with Crippen molar-refractivity contribution in [1.29, 1.82) is 0 Å². The molecule has 3 nitrogen and oxygen atoms in total. The van der Waals surface area contributed by atoms with E-state index in [0.29, 0.717) is 5.56 Å². The first-order valence-corrected chi connectivity index (χ1v) is 5.99. The Balaban J connectivity index is 2.56. The van der Waals surface area contributed by atoms with E-state index in [2.05, 4.69) is 5.43 Å². The Morgan fingerprint density at radius 3 is 2.82 bits per heavy atom. The molecule has 0 saturated heterocycles. The lowest BCUT2D eigenvalue weighted by Gasteiger charge is -2.17. The van der Waals surface area contributed by atoms with Crippen LogP contribution in [0.2, 0.25) is 0 Å². The van der Waals surface area contributed by atoms with Crippen LogP contribution in [0, 0.1) is 12.7 Å². The molecule has 0 heterocycles. The summed E-state index contributed by atoms with van der Waals surface area (Å²) in [6.07, 6.45) is 1.81. The predicted molar refractivity (Wildman–Crippen MR) is 66.9 cm³/mol. The van der Waals surface area contributed by atoms with Crippen LogP contribution in [0.3, 0.4) is 0 Å². The second-order valence-corrected chi connectivity index (χ2v) is 4.07. The average molecular weight is 240 g/mol. The van der Waals surface area contributed by atoms with Crippen LogP contribution in [0.15, 0.2) is 18.2 Å². The number of ether oxygens (including phenoxy) is 1. The number of hydrogen-bond donors (Lipinski definition) is 2. The van der Waals surface area contributed by atoms with Crippen molar-refractivity contribution in [3.05, 3.63) is 35.1 Å². The molecule has 0 bridgehead atoms. The highest BCUT2D eigenvalue weighted by Gasteiger charge is 2.10. The van der Waals surface area contributed by atoms with Crippen molar-refractivity contribution < 1.29 is 9.13 Å². The van der Waals surface area contributed by atoms with Crippen molar-refractivity contribution in [2.75, 3.05) is 13.2 Å². The predicted octanol–water partition coefficient (Wildman–Crippen LogP) is 2.46. The van der Waals surface area contributed by atoms with Gasteiger partial charge in [0.15, 0.2) is 0 Å². The summed E-state index contributed by atoms with van der Waals surface area (Å²) >= 11 is 0. The number of benzene rings is 1. The topological polar surface area (TPSA) is 47.3 Å². The summed E-state index contributed by atoms with van der Waals surface area (Å²) in [7, 11) is 0. The van der Waals surface area contributed by atoms with Gasteiger partial charge in [0.25, 0.3) is 0 Å². The van der Waals surface area contributed by atoms with Gasteiger partial charge in [0.2, 0.25) is 0 Å². The highest BCUT2D eigenvalue weighted by Crippen LogP contribution is 2.20. The Labute approximate surface area is 102 Å². The van der Waals surface area contributed by atoms with Gasteiger partial charge >= 0.3 is 0 Å². The maximum Gasteiger partial charge on any atom is 0.126 e. The fraction of sp³-hybridized carbons (Fsp3) is 0.538. The zero-order chi connectivity index (χ0) is 12.7. The first-order chi connectivity index (χ1) is 8.19. The van der Waals surface area contributed by atoms with Crippen LogP contribution in [0.5, 0.6) is 0 Å². The van der Waals surface area contributed by atoms with Gasteiger partial charge in [0.05, 0.1) is 0 Å². The van der Waals surface area contributed by atoms with Crippen LogP contribution in [0.25, 0.3) is 0 Å². The van der Waals surface area contributed by atoms with Crippen molar-refractivity contribution in [2.45, 2.75) is 32.7 Å². The van der Waals surface area contributed by atoms with E-state index in [9.17, 15) is 4.39 Å². The summed E-state index contributed by atoms with van der Waals surface area (Å²) in [4.78, 5) is 0. The van der Waals surface area contributed by atoms with E-state index < -0.39 is 0 Å². The molecular weight excluding hydrogens is 219 g/mol. The summed E-state index contributed by atoms with van der Waals surface area (Å²) < 4.78 is 18.4. The molecule has 0 aliphatic heterocycles. The standard InChI is InChI=1S/C13H21FN2O/c1-3-17-8-4-5-13(16-15)11-6-7-12(14)10(2)9-11/h6-7,9,13,16H,3-5,8,15H2,1-2H3. The lowest BCUT2D eigenvalue weighted by molar-refractivity contribution is 0.141. The summed E-state index contributed by atoms with van der Waals surface area (Å²) in [6, 6.07) is 5.14. The van der Waals surface area contributed by atoms with E-state index >= 15 is 0 Å². The van der Waals surface area contributed by atoms with Crippen LogP contribution < -0.4 is 11.3 Å². The summed E-state index contributed by atoms with van der Waals surface area (Å²) in [5.74, 6) is 5.34. The largest absolute Gasteiger partial charge is 0.382 e. The van der Waals surface area contributed by atoms with E-state index in [1.54, 1.807) is 13.0 Å². The lowest BCUT2D eigenvalue weighted by Crippen LogP contribution is -2.28. The summed E-state index contributed by atoms with van der Waals surface area (Å²) in [5.41, 5.74) is 4.43. The Bertz CT molecular complexity index is 344. The quantitative estimate of drug-likeness (QED) is 0.437. The number of halogens is 1. The SMILES string of the molecule is CCOCCCC(NN)c1ccc(F)c(C)c1. The Morgan fingerprint density at radius 1 is 1.47 bits per heavy atom. The minimum Gasteiger partial charge on any atom is -0.382 e. The Hall–Kier alpha value is -0.970. The Kier molecular flexibility index (Phi) is 6.11. The molecule has 96 valence electrons. The van der Waals surface area contributed by atoms with Crippen LogP contribution in [0.4, 0.5) is 4.39 Å². The highest BCUT2D eigenvalue weighted by molar-refractivity contribution is 5.26. The molecule has 0 aromatic heterocycles. The monoisotopic (exact) mass is 240 g/mol. The Morgan fingerprint density at radius 2 is 2.24 bits per heavy atom. The average Bonchev–Trinajstić information content (AvgIpc) is 2.33. The van der Waals surface area contributed by atoms with Gasteiger partial charge in [-0.1, -0.05) is 12.1 Å². The maximum absolute atomic E-state index is 13.1. The molecular formula is C13H21FN2O. The van der Waals surface area contributed by atoms with Crippen LogP contribution in [0.1, 0.15) is 36.9 Å². The molecule has 0 spiro atoms. The molecule has 1 atom stereocenters. The van der Waals surface area contributed by atoms with Gasteiger partial charge in [0.1, 0.15) is 5.82 Å². The van der Waals surface area contributed by atoms with Gasteiger partial charge in [-0.05, 0) is 43.9 Å². The van der Waals surface area contributed by atoms with Gasteiger partial charge < -0.3 is 4.74 Å². The first-order valence-electron chi connectivity index (χ1n) is 5.99. The molecule has 3 N–H and O–H groups in total. The fourth-order valence-corrected chi connectivity index (χ4v) is 1.76. The second-order valence-electron chi connectivity index (χ2n) is 4.07. The zero-order valence-corrected chi connectivity index (χ0v) is 10.5. The third-order valence-corrected chi connectivity index (χ3v) is 2.77. The van der Waals surface area contributed by atoms with Gasteiger partial charge in [-0.15, -0.1) is 0 Å². The third kappa shape index (κ3) is 4.42. The zero-order valence-electron chi connectivity index (χ0n) is 10.5. The molecule has 1 unspecified atom stereocenters. The van der Waals surface area contributed by atoms with Crippen LogP contribution in [-0.2, 0) is 4.74 Å². The van der Waals surface area contributed by atoms with E-state index in [0.717, 1.165) is 31.6 Å². The molecule has 0 fully saturated rings. The first kappa shape index (κ1) is 14.1. The van der Waals surface area contributed by atoms with Crippen LogP contribution in [-0.4, -0.2) is 13.2 Å².